The number of rotatable bonds is 9. The summed E-state index contributed by atoms with van der Waals surface area (Å²) in [4.78, 5) is 22.9. The van der Waals surface area contributed by atoms with Gasteiger partial charge in [0.1, 0.15) is 10.0 Å². The van der Waals surface area contributed by atoms with E-state index in [1.807, 2.05) is 0 Å². The minimum Gasteiger partial charge on any atom is -0.477 e. The number of unbranched alkanes of at least 4 members (excludes halogenated alkanes) is 3. The molecule has 1 saturated carbocycles. The van der Waals surface area contributed by atoms with Crippen molar-refractivity contribution in [3.05, 3.63) is 11.8 Å². The van der Waals surface area contributed by atoms with E-state index >= 15 is 0 Å². The van der Waals surface area contributed by atoms with Crippen molar-refractivity contribution in [1.82, 2.24) is 5.32 Å². The van der Waals surface area contributed by atoms with Crippen molar-refractivity contribution in [2.45, 2.75) is 36.4 Å². The first kappa shape index (κ1) is 19.3. The number of amides is 1. The smallest absolute Gasteiger partial charge is 0.352 e. The molecule has 1 fully saturated rings. The molecule has 1 rings (SSSR count). The second kappa shape index (κ2) is 7.66. The Kier molecular flexibility index (Phi) is 6.71. The van der Waals surface area contributed by atoms with Crippen LogP contribution in [0.2, 0.25) is 0 Å². The number of nitrogens with zero attached hydrogens (tertiary/aromatic N) is 1. The molecule has 0 aliphatic heterocycles. The van der Waals surface area contributed by atoms with Crippen LogP contribution < -0.4 is 5.32 Å². The lowest BCUT2D eigenvalue weighted by Crippen LogP contribution is -2.35. The minimum atomic E-state index is -1.14. The Morgan fingerprint density at radius 3 is 2.32 bits per heavy atom. The van der Waals surface area contributed by atoms with E-state index in [-0.39, 0.29) is 5.70 Å². The van der Waals surface area contributed by atoms with Crippen LogP contribution >= 0.6 is 23.2 Å². The highest BCUT2D eigenvalue weighted by Gasteiger charge is 2.56. The van der Waals surface area contributed by atoms with Crippen LogP contribution in [0.1, 0.15) is 32.1 Å². The summed E-state index contributed by atoms with van der Waals surface area (Å²) in [7, 11) is 6.43. The summed E-state index contributed by atoms with van der Waals surface area (Å²) in [6.45, 7) is 1.08. The van der Waals surface area contributed by atoms with Crippen LogP contribution in [0.4, 0.5) is 0 Å². The summed E-state index contributed by atoms with van der Waals surface area (Å²) >= 11 is 11.6. The van der Waals surface area contributed by atoms with E-state index in [1.165, 1.54) is 0 Å². The number of aliphatic carboxylic acids is 1. The van der Waals surface area contributed by atoms with Crippen LogP contribution in [-0.2, 0) is 9.59 Å². The van der Waals surface area contributed by atoms with Gasteiger partial charge in [-0.25, -0.2) is 4.79 Å². The molecule has 0 bridgehead atoms. The minimum absolute atomic E-state index is 0.0902. The van der Waals surface area contributed by atoms with Gasteiger partial charge in [0, 0.05) is 0 Å². The van der Waals surface area contributed by atoms with Crippen LogP contribution in [0.25, 0.3) is 0 Å². The van der Waals surface area contributed by atoms with Gasteiger partial charge in [-0.1, -0.05) is 6.08 Å². The number of carbonyl (C=O) groups excluding carboxylic acids is 1. The van der Waals surface area contributed by atoms with Gasteiger partial charge in [-0.15, -0.1) is 23.2 Å². The van der Waals surface area contributed by atoms with Crippen molar-refractivity contribution in [2.75, 3.05) is 27.7 Å². The molecule has 1 amide bonds. The van der Waals surface area contributed by atoms with Gasteiger partial charge < -0.3 is 14.9 Å². The van der Waals surface area contributed by atoms with E-state index < -0.39 is 22.1 Å². The standard InChI is InChI=1S/C15H24Cl2N2O3/c1-19(2,3)9-7-5-4-6-8-12(14(21)22)18-13(20)11-10-15(11,16)17/h8,11H,4-7,9-10H2,1-3H3,(H-,18,20,21,22)/p+1/b12-8+. The van der Waals surface area contributed by atoms with E-state index in [0.717, 1.165) is 30.3 Å². The van der Waals surface area contributed by atoms with Gasteiger partial charge in [-0.2, -0.15) is 0 Å². The normalized spacial score (nSPS) is 20.6. The predicted molar refractivity (Wildman–Crippen MR) is 87.8 cm³/mol. The molecule has 7 heteroatoms. The van der Waals surface area contributed by atoms with Crippen molar-refractivity contribution in [3.8, 4) is 0 Å². The first-order chi connectivity index (χ1) is 10.0. The second-order valence-electron chi connectivity index (χ2n) is 6.79. The number of halogens is 2. The SMILES string of the molecule is C[N+](C)(C)CCCCC/C=C(/NC(=O)C1CC1(Cl)Cl)C(=O)O. The monoisotopic (exact) mass is 351 g/mol. The van der Waals surface area contributed by atoms with Crippen molar-refractivity contribution in [3.63, 3.8) is 0 Å². The average molecular weight is 352 g/mol. The topological polar surface area (TPSA) is 66.4 Å². The lowest BCUT2D eigenvalue weighted by molar-refractivity contribution is -0.870. The highest BCUT2D eigenvalue weighted by molar-refractivity contribution is 6.52. The van der Waals surface area contributed by atoms with Crippen LogP contribution in [-0.4, -0.2) is 53.5 Å². The summed E-state index contributed by atoms with van der Waals surface area (Å²) in [6.07, 6.45) is 5.55. The number of hydrogen-bond acceptors (Lipinski definition) is 2. The third kappa shape index (κ3) is 6.99. The number of carbonyl (C=O) groups is 2. The average Bonchev–Trinajstić information content (AvgIpc) is 2.99. The van der Waals surface area contributed by atoms with E-state index in [9.17, 15) is 9.59 Å². The number of carboxylic acid groups (broad SMARTS) is 1. The van der Waals surface area contributed by atoms with Crippen molar-refractivity contribution < 1.29 is 19.2 Å². The summed E-state index contributed by atoms with van der Waals surface area (Å²) in [6, 6.07) is 0. The number of allylic oxidation sites excluding steroid dienone is 1. The molecule has 1 aliphatic carbocycles. The van der Waals surface area contributed by atoms with E-state index in [1.54, 1.807) is 6.08 Å². The Hall–Kier alpha value is -0.780. The van der Waals surface area contributed by atoms with Crippen molar-refractivity contribution in [1.29, 1.82) is 0 Å². The summed E-state index contributed by atoms with van der Waals surface area (Å²) in [5, 5.41) is 11.5. The molecule has 126 valence electrons. The molecule has 0 saturated heterocycles. The molecule has 2 N–H and O–H groups in total. The lowest BCUT2D eigenvalue weighted by atomic mass is 10.1. The Morgan fingerprint density at radius 1 is 1.27 bits per heavy atom. The molecular weight excluding hydrogens is 327 g/mol. The highest BCUT2D eigenvalue weighted by atomic mass is 35.5. The highest BCUT2D eigenvalue weighted by Crippen LogP contribution is 2.53. The van der Waals surface area contributed by atoms with Crippen molar-refractivity contribution >= 4 is 35.1 Å². The van der Waals surface area contributed by atoms with Crippen molar-refractivity contribution in [2.24, 2.45) is 5.92 Å². The molecular formula is C15H25Cl2N2O3+. The molecule has 0 radical (unpaired) electrons. The number of hydrogen-bond donors (Lipinski definition) is 2. The van der Waals surface area contributed by atoms with E-state index in [2.05, 4.69) is 26.5 Å². The number of nitrogens with one attached hydrogen (secondary N) is 1. The molecule has 22 heavy (non-hydrogen) atoms. The number of alkyl halides is 2. The van der Waals surface area contributed by atoms with Crippen LogP contribution in [0.3, 0.4) is 0 Å². The lowest BCUT2D eigenvalue weighted by Gasteiger charge is -2.23. The fraction of sp³-hybridized carbons (Fsp3) is 0.733. The van der Waals surface area contributed by atoms with Crippen LogP contribution in [0.15, 0.2) is 11.8 Å². The predicted octanol–water partition coefficient (Wildman–Crippen LogP) is 2.53. The number of quaternary nitrogens is 1. The quantitative estimate of drug-likeness (QED) is 0.290. The van der Waals surface area contributed by atoms with Gasteiger partial charge in [0.15, 0.2) is 0 Å². The molecule has 0 aromatic carbocycles. The maximum absolute atomic E-state index is 11.8. The third-order valence-corrected chi connectivity index (χ3v) is 4.35. The molecule has 0 heterocycles. The summed E-state index contributed by atoms with van der Waals surface area (Å²) in [5.74, 6) is -2.10. The Morgan fingerprint density at radius 2 is 1.86 bits per heavy atom. The zero-order valence-electron chi connectivity index (χ0n) is 13.4. The molecule has 5 nitrogen and oxygen atoms in total. The Bertz CT molecular complexity index is 456. The summed E-state index contributed by atoms with van der Waals surface area (Å²) in [5.41, 5.74) is -0.0902. The van der Waals surface area contributed by atoms with E-state index in [0.29, 0.717) is 12.8 Å². The van der Waals surface area contributed by atoms with Gasteiger partial charge in [0.05, 0.1) is 33.6 Å². The van der Waals surface area contributed by atoms with Crippen LogP contribution in [0, 0.1) is 5.92 Å². The maximum Gasteiger partial charge on any atom is 0.352 e. The fourth-order valence-electron chi connectivity index (χ4n) is 2.06. The first-order valence-electron chi connectivity index (χ1n) is 7.45. The molecule has 1 aliphatic rings. The molecule has 1 unspecified atom stereocenters. The summed E-state index contributed by atoms with van der Waals surface area (Å²) < 4.78 is -0.120. The third-order valence-electron chi connectivity index (χ3n) is 3.51. The number of carboxylic acids is 1. The fourth-order valence-corrected chi connectivity index (χ4v) is 2.57. The molecule has 0 aromatic heterocycles. The van der Waals surface area contributed by atoms with Gasteiger partial charge >= 0.3 is 5.97 Å². The Labute approximate surface area is 141 Å². The second-order valence-corrected chi connectivity index (χ2v) is 8.34. The van der Waals surface area contributed by atoms with E-state index in [4.69, 9.17) is 28.3 Å². The van der Waals surface area contributed by atoms with Gasteiger partial charge in [0.2, 0.25) is 5.91 Å². The van der Waals surface area contributed by atoms with Gasteiger partial charge in [-0.05, 0) is 32.1 Å². The molecule has 1 atom stereocenters. The first-order valence-corrected chi connectivity index (χ1v) is 8.21. The van der Waals surface area contributed by atoms with Gasteiger partial charge in [0.25, 0.3) is 0 Å². The molecule has 0 aromatic rings. The maximum atomic E-state index is 11.8. The van der Waals surface area contributed by atoms with Gasteiger partial charge in [-0.3, -0.25) is 4.79 Å². The Balaban J connectivity index is 2.34. The largest absolute Gasteiger partial charge is 0.477 e. The zero-order valence-corrected chi connectivity index (χ0v) is 14.9. The van der Waals surface area contributed by atoms with Crippen LogP contribution in [0.5, 0.6) is 0 Å². The zero-order chi connectivity index (χ0) is 17.0. The molecule has 0 spiro atoms.